The Hall–Kier alpha value is -2.47. The van der Waals surface area contributed by atoms with Crippen LogP contribution in [0.4, 0.5) is 0 Å². The van der Waals surface area contributed by atoms with Crippen LogP contribution in [0, 0.1) is 13.8 Å². The van der Waals surface area contributed by atoms with E-state index in [9.17, 15) is 4.79 Å². The zero-order chi connectivity index (χ0) is 17.1. The maximum Gasteiger partial charge on any atom is 0.220 e. The molecule has 0 aliphatic carbocycles. The molecule has 0 saturated heterocycles. The van der Waals surface area contributed by atoms with Gasteiger partial charge in [0.15, 0.2) is 0 Å². The van der Waals surface area contributed by atoms with Crippen LogP contribution in [0.25, 0.3) is 11.0 Å². The molecule has 0 unspecified atom stereocenters. The molecule has 0 spiro atoms. The summed E-state index contributed by atoms with van der Waals surface area (Å²) in [5, 5.41) is 3.26. The molecule has 0 fully saturated rings. The zero-order valence-electron chi connectivity index (χ0n) is 13.6. The van der Waals surface area contributed by atoms with E-state index in [1.807, 2.05) is 0 Å². The lowest BCUT2D eigenvalue weighted by atomic mass is 10.1. The molecule has 0 aliphatic rings. The third-order valence-corrected chi connectivity index (χ3v) is 4.05. The van der Waals surface area contributed by atoms with Gasteiger partial charge in [0.2, 0.25) is 5.91 Å². The number of amides is 1. The van der Waals surface area contributed by atoms with E-state index >= 15 is 0 Å². The lowest BCUT2D eigenvalue weighted by Crippen LogP contribution is -2.24. The van der Waals surface area contributed by atoms with Gasteiger partial charge in [-0.1, -0.05) is 11.6 Å². The van der Waals surface area contributed by atoms with Crippen LogP contribution in [0.1, 0.15) is 29.2 Å². The predicted molar refractivity (Wildman–Crippen MR) is 92.8 cm³/mol. The van der Waals surface area contributed by atoms with Crippen molar-refractivity contribution in [1.29, 1.82) is 0 Å². The number of hydrogen-bond acceptors (Lipinski definition) is 4. The van der Waals surface area contributed by atoms with Crippen LogP contribution in [-0.2, 0) is 17.8 Å². The highest BCUT2D eigenvalue weighted by Crippen LogP contribution is 2.17. The summed E-state index contributed by atoms with van der Waals surface area (Å²) < 4.78 is 0. The Labute approximate surface area is 144 Å². The van der Waals surface area contributed by atoms with Crippen molar-refractivity contribution in [2.45, 2.75) is 33.2 Å². The average Bonchev–Trinajstić information content (AvgIpc) is 2.94. The van der Waals surface area contributed by atoms with Gasteiger partial charge < -0.3 is 10.3 Å². The van der Waals surface area contributed by atoms with Gasteiger partial charge in [0, 0.05) is 25.2 Å². The lowest BCUT2D eigenvalue weighted by Gasteiger charge is -2.03. The van der Waals surface area contributed by atoms with Crippen LogP contribution in [0.15, 0.2) is 24.5 Å². The summed E-state index contributed by atoms with van der Waals surface area (Å²) in [6, 6.07) is 4.14. The summed E-state index contributed by atoms with van der Waals surface area (Å²) in [6.07, 6.45) is 3.92. The van der Waals surface area contributed by atoms with E-state index in [2.05, 4.69) is 51.2 Å². The summed E-state index contributed by atoms with van der Waals surface area (Å²) in [6.45, 7) is 4.42. The minimum absolute atomic E-state index is 0.0682. The Balaban J connectivity index is 1.55. The van der Waals surface area contributed by atoms with Gasteiger partial charge in [0.05, 0.1) is 22.6 Å². The number of hydrogen-bond donors (Lipinski definition) is 2. The molecule has 2 aromatic heterocycles. The number of imidazole rings is 1. The van der Waals surface area contributed by atoms with Crippen molar-refractivity contribution in [3.8, 4) is 0 Å². The van der Waals surface area contributed by atoms with Gasteiger partial charge in [-0.3, -0.25) is 4.79 Å². The van der Waals surface area contributed by atoms with E-state index in [0.29, 0.717) is 23.7 Å². The topological polar surface area (TPSA) is 83.6 Å². The number of aryl methyl sites for hydroxylation is 3. The molecule has 0 saturated carbocycles. The number of H-pyrrole nitrogens is 1. The van der Waals surface area contributed by atoms with E-state index in [-0.39, 0.29) is 12.5 Å². The molecule has 0 atom stereocenters. The number of fused-ring (bicyclic) bond motifs is 1. The molecule has 2 heterocycles. The van der Waals surface area contributed by atoms with Crippen LogP contribution in [0.2, 0.25) is 5.02 Å². The molecule has 0 aliphatic heterocycles. The van der Waals surface area contributed by atoms with Crippen LogP contribution in [-0.4, -0.2) is 25.8 Å². The molecule has 6 nitrogen and oxygen atoms in total. The van der Waals surface area contributed by atoms with Crippen molar-refractivity contribution in [2.24, 2.45) is 0 Å². The first-order chi connectivity index (χ1) is 11.5. The second kappa shape index (κ2) is 6.97. The smallest absolute Gasteiger partial charge is 0.220 e. The van der Waals surface area contributed by atoms with Crippen molar-refractivity contribution in [2.75, 3.05) is 0 Å². The van der Waals surface area contributed by atoms with Gasteiger partial charge in [-0.2, -0.15) is 0 Å². The van der Waals surface area contributed by atoms with Crippen LogP contribution < -0.4 is 5.32 Å². The molecule has 124 valence electrons. The van der Waals surface area contributed by atoms with E-state index in [1.54, 1.807) is 0 Å². The largest absolute Gasteiger partial charge is 0.349 e. The average molecular weight is 344 g/mol. The van der Waals surface area contributed by atoms with Gasteiger partial charge in [-0.15, -0.1) is 0 Å². The molecule has 1 amide bonds. The summed E-state index contributed by atoms with van der Waals surface area (Å²) in [5.74, 6) is 1.27. The number of carbonyl (C=O) groups is 1. The first-order valence-electron chi connectivity index (χ1n) is 7.70. The SMILES string of the molecule is Cc1cc2nc(CCC(=O)NCc3ncc(Cl)cn3)[nH]c2cc1C. The Bertz CT molecular complexity index is 834. The number of aromatic nitrogens is 4. The minimum Gasteiger partial charge on any atom is -0.349 e. The predicted octanol–water partition coefficient (Wildman–Crippen LogP) is 2.87. The second-order valence-electron chi connectivity index (χ2n) is 5.73. The monoisotopic (exact) mass is 343 g/mol. The van der Waals surface area contributed by atoms with Gasteiger partial charge in [-0.05, 0) is 37.1 Å². The van der Waals surface area contributed by atoms with E-state index in [1.165, 1.54) is 23.5 Å². The van der Waals surface area contributed by atoms with Gasteiger partial charge in [-0.25, -0.2) is 15.0 Å². The Kier molecular flexibility index (Phi) is 4.76. The van der Waals surface area contributed by atoms with E-state index in [0.717, 1.165) is 16.9 Å². The number of aromatic amines is 1. The van der Waals surface area contributed by atoms with Gasteiger partial charge in [0.25, 0.3) is 0 Å². The zero-order valence-corrected chi connectivity index (χ0v) is 14.3. The standard InChI is InChI=1S/C17H18ClN5O/c1-10-5-13-14(6-11(10)2)23-15(22-13)3-4-17(24)21-9-16-19-7-12(18)8-20-16/h5-8H,3-4,9H2,1-2H3,(H,21,24)(H,22,23). The second-order valence-corrected chi connectivity index (χ2v) is 6.17. The number of halogens is 1. The van der Waals surface area contributed by atoms with Crippen LogP contribution >= 0.6 is 11.6 Å². The quantitative estimate of drug-likeness (QED) is 0.746. The number of nitrogens with one attached hydrogen (secondary N) is 2. The van der Waals surface area contributed by atoms with Crippen molar-refractivity contribution in [3.05, 3.63) is 52.3 Å². The molecular weight excluding hydrogens is 326 g/mol. The first kappa shape index (κ1) is 16.4. The summed E-state index contributed by atoms with van der Waals surface area (Å²) >= 11 is 5.72. The number of nitrogens with zero attached hydrogens (tertiary/aromatic N) is 3. The Morgan fingerprint density at radius 1 is 1.21 bits per heavy atom. The highest BCUT2D eigenvalue weighted by atomic mass is 35.5. The Morgan fingerprint density at radius 3 is 2.67 bits per heavy atom. The number of benzene rings is 1. The van der Waals surface area contributed by atoms with Crippen molar-refractivity contribution in [1.82, 2.24) is 25.3 Å². The van der Waals surface area contributed by atoms with Crippen molar-refractivity contribution >= 4 is 28.5 Å². The molecule has 3 rings (SSSR count). The van der Waals surface area contributed by atoms with E-state index in [4.69, 9.17) is 11.6 Å². The molecule has 1 aromatic carbocycles. The first-order valence-corrected chi connectivity index (χ1v) is 8.08. The fraction of sp³-hybridized carbons (Fsp3) is 0.294. The highest BCUT2D eigenvalue weighted by molar-refractivity contribution is 6.30. The molecular formula is C17H18ClN5O. The van der Waals surface area contributed by atoms with Crippen LogP contribution in [0.5, 0.6) is 0 Å². The van der Waals surface area contributed by atoms with Crippen molar-refractivity contribution in [3.63, 3.8) is 0 Å². The summed E-state index contributed by atoms with van der Waals surface area (Å²) in [4.78, 5) is 27.8. The minimum atomic E-state index is -0.0682. The fourth-order valence-corrected chi connectivity index (χ4v) is 2.47. The maximum absolute atomic E-state index is 11.9. The van der Waals surface area contributed by atoms with Crippen molar-refractivity contribution < 1.29 is 4.79 Å². The molecule has 24 heavy (non-hydrogen) atoms. The van der Waals surface area contributed by atoms with Crippen LogP contribution in [0.3, 0.4) is 0 Å². The third kappa shape index (κ3) is 3.89. The summed E-state index contributed by atoms with van der Waals surface area (Å²) in [5.41, 5.74) is 4.37. The maximum atomic E-state index is 11.9. The number of carbonyl (C=O) groups excluding carboxylic acids is 1. The number of rotatable bonds is 5. The lowest BCUT2D eigenvalue weighted by molar-refractivity contribution is -0.121. The molecule has 0 bridgehead atoms. The molecule has 7 heteroatoms. The molecule has 0 radical (unpaired) electrons. The van der Waals surface area contributed by atoms with E-state index < -0.39 is 0 Å². The summed E-state index contributed by atoms with van der Waals surface area (Å²) in [7, 11) is 0. The molecule has 3 aromatic rings. The molecule has 2 N–H and O–H groups in total. The van der Waals surface area contributed by atoms with Gasteiger partial charge >= 0.3 is 0 Å². The fourth-order valence-electron chi connectivity index (χ4n) is 2.37. The Morgan fingerprint density at radius 2 is 1.92 bits per heavy atom. The highest BCUT2D eigenvalue weighted by Gasteiger charge is 2.08. The van der Waals surface area contributed by atoms with Gasteiger partial charge in [0.1, 0.15) is 11.6 Å². The normalized spacial score (nSPS) is 11.0. The third-order valence-electron chi connectivity index (χ3n) is 3.85.